The molecule has 4 heterocycles. The molecule has 0 atom stereocenters. The highest BCUT2D eigenvalue weighted by molar-refractivity contribution is 7.13. The topological polar surface area (TPSA) is 46.4 Å². The van der Waals surface area contributed by atoms with Crippen molar-refractivity contribution in [3.05, 3.63) is 64.3 Å². The van der Waals surface area contributed by atoms with Crippen molar-refractivity contribution >= 4 is 40.0 Å². The Kier molecular flexibility index (Phi) is 3.25. The van der Waals surface area contributed by atoms with E-state index < -0.39 is 0 Å². The van der Waals surface area contributed by atoms with E-state index in [-0.39, 0.29) is 5.91 Å². The number of nitrogens with zero attached hydrogens (tertiary/aromatic N) is 2. The number of anilines is 1. The predicted molar refractivity (Wildman–Crippen MR) is 90.8 cm³/mol. The summed E-state index contributed by atoms with van der Waals surface area (Å²) in [7, 11) is 0. The number of imidazole rings is 1. The van der Waals surface area contributed by atoms with Crippen LogP contribution >= 0.6 is 22.7 Å². The minimum Gasteiger partial charge on any atom is -0.305 e. The highest BCUT2D eigenvalue weighted by Crippen LogP contribution is 2.32. The number of hydrogen-bond donors (Lipinski definition) is 1. The molecule has 22 heavy (non-hydrogen) atoms. The molecular weight excluding hydrogens is 314 g/mol. The van der Waals surface area contributed by atoms with Gasteiger partial charge in [0.2, 0.25) is 0 Å². The molecule has 0 radical (unpaired) electrons. The van der Waals surface area contributed by atoms with Gasteiger partial charge in [-0.15, -0.1) is 22.7 Å². The van der Waals surface area contributed by atoms with Gasteiger partial charge in [-0.3, -0.25) is 9.20 Å². The average molecular weight is 325 g/mol. The molecule has 108 valence electrons. The van der Waals surface area contributed by atoms with Crippen LogP contribution in [0.5, 0.6) is 0 Å². The Morgan fingerprint density at radius 1 is 1.05 bits per heavy atom. The minimum absolute atomic E-state index is 0.113. The second-order valence-corrected chi connectivity index (χ2v) is 6.54. The normalized spacial score (nSPS) is 10.9. The molecule has 0 aliphatic rings. The molecule has 1 N–H and O–H groups in total. The minimum atomic E-state index is -0.113. The molecule has 0 bridgehead atoms. The second-order valence-electron chi connectivity index (χ2n) is 4.65. The molecule has 0 aliphatic carbocycles. The first-order valence-corrected chi connectivity index (χ1v) is 8.45. The van der Waals surface area contributed by atoms with Crippen molar-refractivity contribution in [2.45, 2.75) is 0 Å². The van der Waals surface area contributed by atoms with Crippen LogP contribution in [0, 0.1) is 0 Å². The van der Waals surface area contributed by atoms with Gasteiger partial charge in [-0.25, -0.2) is 4.98 Å². The Bertz CT molecular complexity index is 924. The van der Waals surface area contributed by atoms with Gasteiger partial charge in [0.25, 0.3) is 5.91 Å². The van der Waals surface area contributed by atoms with Gasteiger partial charge in [-0.2, -0.15) is 0 Å². The largest absolute Gasteiger partial charge is 0.305 e. The van der Waals surface area contributed by atoms with Crippen molar-refractivity contribution in [3.8, 4) is 10.6 Å². The number of nitrogens with one attached hydrogen (secondary N) is 1. The standard InChI is InChI=1S/C16H11N3OS2/c20-16(12-6-4-10-22-12)18-15-14(11-5-3-9-21-11)17-13-7-1-2-8-19(13)15/h1-10H,(H,18,20). The van der Waals surface area contributed by atoms with Gasteiger partial charge >= 0.3 is 0 Å². The van der Waals surface area contributed by atoms with Gasteiger partial charge in [0, 0.05) is 6.20 Å². The van der Waals surface area contributed by atoms with Crippen molar-refractivity contribution in [2.24, 2.45) is 0 Å². The molecule has 1 amide bonds. The van der Waals surface area contributed by atoms with Crippen LogP contribution in [0.4, 0.5) is 5.82 Å². The fourth-order valence-electron chi connectivity index (χ4n) is 2.28. The number of rotatable bonds is 3. The number of thiophene rings is 2. The first-order valence-electron chi connectivity index (χ1n) is 6.69. The van der Waals surface area contributed by atoms with E-state index in [1.807, 2.05) is 63.8 Å². The van der Waals surface area contributed by atoms with Gasteiger partial charge in [-0.05, 0) is 35.0 Å². The number of carbonyl (C=O) groups excluding carboxylic acids is 1. The zero-order chi connectivity index (χ0) is 14.9. The smallest absolute Gasteiger partial charge is 0.266 e. The third kappa shape index (κ3) is 2.22. The first-order chi connectivity index (χ1) is 10.8. The summed E-state index contributed by atoms with van der Waals surface area (Å²) in [5, 5.41) is 6.90. The molecular formula is C16H11N3OS2. The summed E-state index contributed by atoms with van der Waals surface area (Å²) in [6, 6.07) is 13.5. The summed E-state index contributed by atoms with van der Waals surface area (Å²) in [6.45, 7) is 0. The maximum absolute atomic E-state index is 12.4. The number of carbonyl (C=O) groups is 1. The highest BCUT2D eigenvalue weighted by Gasteiger charge is 2.17. The summed E-state index contributed by atoms with van der Waals surface area (Å²) < 4.78 is 1.90. The Labute approximate surface area is 134 Å². The van der Waals surface area contributed by atoms with Gasteiger partial charge in [0.15, 0.2) is 0 Å². The number of pyridine rings is 1. The molecule has 6 heteroatoms. The molecule has 0 unspecified atom stereocenters. The van der Waals surface area contributed by atoms with Crippen LogP contribution in [0.3, 0.4) is 0 Å². The lowest BCUT2D eigenvalue weighted by atomic mass is 10.3. The van der Waals surface area contributed by atoms with Crippen LogP contribution in [-0.4, -0.2) is 15.3 Å². The van der Waals surface area contributed by atoms with Crippen LogP contribution in [0.1, 0.15) is 9.67 Å². The third-order valence-corrected chi connectivity index (χ3v) is 5.01. The van der Waals surface area contributed by atoms with Gasteiger partial charge in [0.05, 0.1) is 9.75 Å². The fraction of sp³-hybridized carbons (Fsp3) is 0. The van der Waals surface area contributed by atoms with Crippen molar-refractivity contribution in [3.63, 3.8) is 0 Å². The van der Waals surface area contributed by atoms with Crippen LogP contribution in [0.2, 0.25) is 0 Å². The summed E-state index contributed by atoms with van der Waals surface area (Å²) >= 11 is 3.03. The van der Waals surface area contributed by atoms with Gasteiger partial charge < -0.3 is 5.32 Å². The Balaban J connectivity index is 1.84. The summed E-state index contributed by atoms with van der Waals surface area (Å²) in [5.41, 5.74) is 1.61. The fourth-order valence-corrected chi connectivity index (χ4v) is 3.61. The van der Waals surface area contributed by atoms with Crippen LogP contribution in [-0.2, 0) is 0 Å². The number of hydrogen-bond acceptors (Lipinski definition) is 4. The molecule has 0 spiro atoms. The highest BCUT2D eigenvalue weighted by atomic mass is 32.1. The quantitative estimate of drug-likeness (QED) is 0.608. The molecule has 0 saturated carbocycles. The van der Waals surface area contributed by atoms with Crippen molar-refractivity contribution in [1.82, 2.24) is 9.38 Å². The maximum atomic E-state index is 12.4. The molecule has 4 rings (SSSR count). The first kappa shape index (κ1) is 13.2. The lowest BCUT2D eigenvalue weighted by molar-refractivity contribution is 0.103. The van der Waals surface area contributed by atoms with E-state index in [2.05, 4.69) is 10.3 Å². The van der Waals surface area contributed by atoms with Gasteiger partial charge in [0.1, 0.15) is 17.2 Å². The second kappa shape index (κ2) is 5.40. The predicted octanol–water partition coefficient (Wildman–Crippen LogP) is 4.38. The third-order valence-electron chi connectivity index (χ3n) is 3.26. The van der Waals surface area contributed by atoms with Gasteiger partial charge in [-0.1, -0.05) is 18.2 Å². The van der Waals surface area contributed by atoms with Crippen molar-refractivity contribution < 1.29 is 4.79 Å². The lowest BCUT2D eigenvalue weighted by Crippen LogP contribution is -2.12. The zero-order valence-corrected chi connectivity index (χ0v) is 13.0. The van der Waals surface area contributed by atoms with Crippen LogP contribution in [0.15, 0.2) is 59.4 Å². The maximum Gasteiger partial charge on any atom is 0.266 e. The van der Waals surface area contributed by atoms with E-state index in [1.165, 1.54) is 11.3 Å². The Morgan fingerprint density at radius 2 is 1.91 bits per heavy atom. The summed E-state index contributed by atoms with van der Waals surface area (Å²) in [4.78, 5) is 18.8. The molecule has 4 nitrogen and oxygen atoms in total. The van der Waals surface area contributed by atoms with E-state index in [1.54, 1.807) is 11.3 Å². The van der Waals surface area contributed by atoms with E-state index in [4.69, 9.17) is 0 Å². The summed E-state index contributed by atoms with van der Waals surface area (Å²) in [5.74, 6) is 0.593. The van der Waals surface area contributed by atoms with E-state index in [9.17, 15) is 4.79 Å². The zero-order valence-electron chi connectivity index (χ0n) is 11.4. The SMILES string of the molecule is O=C(Nc1c(-c2cccs2)nc2ccccn12)c1cccs1. The molecule has 0 aliphatic heterocycles. The molecule has 4 aromatic rings. The number of fused-ring (bicyclic) bond motifs is 1. The summed E-state index contributed by atoms with van der Waals surface area (Å²) in [6.07, 6.45) is 1.91. The van der Waals surface area contributed by atoms with Crippen LogP contribution < -0.4 is 5.32 Å². The lowest BCUT2D eigenvalue weighted by Gasteiger charge is -2.05. The van der Waals surface area contributed by atoms with E-state index in [0.717, 1.165) is 16.2 Å². The molecule has 0 saturated heterocycles. The monoisotopic (exact) mass is 325 g/mol. The van der Waals surface area contributed by atoms with E-state index >= 15 is 0 Å². The Hall–Kier alpha value is -2.44. The van der Waals surface area contributed by atoms with Crippen LogP contribution in [0.25, 0.3) is 16.2 Å². The molecule has 0 fully saturated rings. The number of amides is 1. The molecule has 4 aromatic heterocycles. The van der Waals surface area contributed by atoms with Crippen molar-refractivity contribution in [1.29, 1.82) is 0 Å². The Morgan fingerprint density at radius 3 is 2.68 bits per heavy atom. The molecule has 0 aromatic carbocycles. The number of aromatic nitrogens is 2. The van der Waals surface area contributed by atoms with E-state index in [0.29, 0.717) is 10.7 Å². The van der Waals surface area contributed by atoms with Crippen molar-refractivity contribution in [2.75, 3.05) is 5.32 Å². The average Bonchev–Trinajstić information content (AvgIpc) is 3.28.